The van der Waals surface area contributed by atoms with Crippen LogP contribution in [0, 0.1) is 0 Å². The van der Waals surface area contributed by atoms with Crippen molar-refractivity contribution < 1.29 is 14.1 Å². The van der Waals surface area contributed by atoms with Crippen molar-refractivity contribution in [3.8, 4) is 11.3 Å². The number of hydrogen-bond donors (Lipinski definition) is 1. The third-order valence-electron chi connectivity index (χ3n) is 5.46. The molecule has 2 heterocycles. The van der Waals surface area contributed by atoms with Gasteiger partial charge >= 0.3 is 6.03 Å². The molecule has 3 aromatic carbocycles. The number of amides is 3. The predicted octanol–water partition coefficient (Wildman–Crippen LogP) is 4.34. The minimum Gasteiger partial charge on any atom is -0.356 e. The number of carbonyl (C=O) groups excluding carboxylic acids is 2. The van der Waals surface area contributed by atoms with E-state index in [4.69, 9.17) is 4.52 Å². The van der Waals surface area contributed by atoms with Gasteiger partial charge in [-0.1, -0.05) is 96.2 Å². The number of carbonyl (C=O) groups is 2. The summed E-state index contributed by atoms with van der Waals surface area (Å²) in [5.74, 6) is 0.235. The van der Waals surface area contributed by atoms with Gasteiger partial charge in [0.15, 0.2) is 11.3 Å². The van der Waals surface area contributed by atoms with Crippen LogP contribution in [0.4, 0.5) is 4.79 Å². The average molecular weight is 409 g/mol. The zero-order valence-electron chi connectivity index (χ0n) is 16.6. The Labute approximate surface area is 179 Å². The van der Waals surface area contributed by atoms with Gasteiger partial charge in [0, 0.05) is 11.6 Å². The molecule has 0 bridgehead atoms. The zero-order valence-corrected chi connectivity index (χ0v) is 16.6. The van der Waals surface area contributed by atoms with Crippen LogP contribution in [0.3, 0.4) is 0 Å². The summed E-state index contributed by atoms with van der Waals surface area (Å²) in [5.41, 5.74) is 1.49. The van der Waals surface area contributed by atoms with Crippen molar-refractivity contribution in [1.82, 2.24) is 15.4 Å². The van der Waals surface area contributed by atoms with Crippen LogP contribution in [0.5, 0.6) is 0 Å². The first kappa shape index (κ1) is 18.8. The molecule has 0 radical (unpaired) electrons. The van der Waals surface area contributed by atoms with Gasteiger partial charge in [-0.3, -0.25) is 9.69 Å². The molecule has 5 rings (SSSR count). The summed E-state index contributed by atoms with van der Waals surface area (Å²) >= 11 is 0. The van der Waals surface area contributed by atoms with E-state index in [1.165, 1.54) is 4.90 Å². The number of hydrogen-bond acceptors (Lipinski definition) is 4. The highest BCUT2D eigenvalue weighted by molar-refractivity contribution is 6.09. The molecule has 6 heteroatoms. The fourth-order valence-electron chi connectivity index (χ4n) is 3.94. The van der Waals surface area contributed by atoms with E-state index in [-0.39, 0.29) is 12.5 Å². The fraction of sp³-hybridized carbons (Fsp3) is 0.0800. The van der Waals surface area contributed by atoms with Gasteiger partial charge in [0.2, 0.25) is 0 Å². The third-order valence-corrected chi connectivity index (χ3v) is 5.46. The standard InChI is InChI=1S/C25H19N3O3/c29-23-25(19-12-6-2-7-13-19,20-14-8-3-9-15-20)26-24(30)28(23)17-21-16-22(31-27-21)18-10-4-1-5-11-18/h1-16H,17H2,(H,26,30). The minimum absolute atomic E-state index is 0.0163. The van der Waals surface area contributed by atoms with E-state index in [1.54, 1.807) is 6.07 Å². The number of imide groups is 1. The first-order valence-electron chi connectivity index (χ1n) is 9.94. The van der Waals surface area contributed by atoms with Gasteiger partial charge in [-0.2, -0.15) is 0 Å². The molecule has 31 heavy (non-hydrogen) atoms. The Balaban J connectivity index is 1.50. The maximum atomic E-state index is 13.7. The Kier molecular flexibility index (Phi) is 4.59. The average Bonchev–Trinajstić information content (AvgIpc) is 3.40. The largest absolute Gasteiger partial charge is 0.356 e. The van der Waals surface area contributed by atoms with Crippen molar-refractivity contribution in [2.45, 2.75) is 12.1 Å². The molecule has 152 valence electrons. The maximum Gasteiger partial charge on any atom is 0.325 e. The Hall–Kier alpha value is -4.19. The van der Waals surface area contributed by atoms with Gasteiger partial charge in [-0.15, -0.1) is 0 Å². The molecule has 4 aromatic rings. The molecule has 1 N–H and O–H groups in total. The summed E-state index contributed by atoms with van der Waals surface area (Å²) in [6, 6.07) is 29.4. The summed E-state index contributed by atoms with van der Waals surface area (Å²) < 4.78 is 5.43. The van der Waals surface area contributed by atoms with Crippen molar-refractivity contribution in [3.63, 3.8) is 0 Å². The lowest BCUT2D eigenvalue weighted by Crippen LogP contribution is -2.45. The second kappa shape index (κ2) is 7.57. The number of benzene rings is 3. The van der Waals surface area contributed by atoms with E-state index in [0.29, 0.717) is 22.6 Å². The van der Waals surface area contributed by atoms with Crippen LogP contribution in [-0.2, 0) is 16.9 Å². The molecule has 1 fully saturated rings. The molecule has 0 saturated carbocycles. The molecule has 1 aromatic heterocycles. The lowest BCUT2D eigenvalue weighted by atomic mass is 9.82. The molecule has 1 saturated heterocycles. The van der Waals surface area contributed by atoms with E-state index in [1.807, 2.05) is 91.0 Å². The van der Waals surface area contributed by atoms with Gasteiger partial charge in [0.25, 0.3) is 5.91 Å². The van der Waals surface area contributed by atoms with Crippen LogP contribution >= 0.6 is 0 Å². The van der Waals surface area contributed by atoms with E-state index in [2.05, 4.69) is 10.5 Å². The molecule has 1 aliphatic rings. The number of nitrogens with one attached hydrogen (secondary N) is 1. The topological polar surface area (TPSA) is 75.4 Å². The molecule has 6 nitrogen and oxygen atoms in total. The van der Waals surface area contributed by atoms with Crippen molar-refractivity contribution in [3.05, 3.63) is 114 Å². The number of rotatable bonds is 5. The quantitative estimate of drug-likeness (QED) is 0.498. The Morgan fingerprint density at radius 3 is 1.94 bits per heavy atom. The molecule has 1 aliphatic heterocycles. The van der Waals surface area contributed by atoms with Gasteiger partial charge in [0.05, 0.1) is 6.54 Å². The van der Waals surface area contributed by atoms with Crippen LogP contribution in [0.25, 0.3) is 11.3 Å². The Bertz CT molecular complexity index is 1180. The summed E-state index contributed by atoms with van der Waals surface area (Å²) in [6.07, 6.45) is 0. The minimum atomic E-state index is -1.29. The van der Waals surface area contributed by atoms with Crippen LogP contribution in [0.15, 0.2) is 102 Å². The smallest absolute Gasteiger partial charge is 0.325 e. The Morgan fingerprint density at radius 1 is 0.806 bits per heavy atom. The van der Waals surface area contributed by atoms with Gasteiger partial charge in [-0.25, -0.2) is 4.79 Å². The number of nitrogens with zero attached hydrogens (tertiary/aromatic N) is 2. The highest BCUT2D eigenvalue weighted by Gasteiger charge is 2.53. The summed E-state index contributed by atoms with van der Waals surface area (Å²) in [6.45, 7) is 0.0163. The molecule has 3 amide bonds. The molecule has 0 unspecified atom stereocenters. The molecule has 0 atom stereocenters. The SMILES string of the molecule is O=C1NC(c2ccccc2)(c2ccccc2)C(=O)N1Cc1cc(-c2ccccc2)on1. The van der Waals surface area contributed by atoms with E-state index >= 15 is 0 Å². The Morgan fingerprint density at radius 2 is 1.35 bits per heavy atom. The molecule has 0 aliphatic carbocycles. The lowest BCUT2D eigenvalue weighted by molar-refractivity contribution is -0.130. The molecular weight excluding hydrogens is 390 g/mol. The van der Waals surface area contributed by atoms with Crippen LogP contribution in [0.2, 0.25) is 0 Å². The number of urea groups is 1. The van der Waals surface area contributed by atoms with E-state index in [9.17, 15) is 9.59 Å². The first-order chi connectivity index (χ1) is 15.2. The van der Waals surface area contributed by atoms with E-state index < -0.39 is 11.6 Å². The summed E-state index contributed by atoms with van der Waals surface area (Å²) in [7, 11) is 0. The van der Waals surface area contributed by atoms with Crippen LogP contribution in [-0.4, -0.2) is 22.0 Å². The monoisotopic (exact) mass is 409 g/mol. The fourth-order valence-corrected chi connectivity index (χ4v) is 3.94. The molecule has 0 spiro atoms. The summed E-state index contributed by atoms with van der Waals surface area (Å²) in [5, 5.41) is 7.01. The first-order valence-corrected chi connectivity index (χ1v) is 9.94. The van der Waals surface area contributed by atoms with Gasteiger partial charge in [0.1, 0.15) is 5.69 Å². The normalized spacial score (nSPS) is 15.2. The van der Waals surface area contributed by atoms with Gasteiger partial charge < -0.3 is 9.84 Å². The van der Waals surface area contributed by atoms with Crippen molar-refractivity contribution in [1.29, 1.82) is 0 Å². The maximum absolute atomic E-state index is 13.7. The van der Waals surface area contributed by atoms with Crippen molar-refractivity contribution in [2.75, 3.05) is 0 Å². The summed E-state index contributed by atoms with van der Waals surface area (Å²) in [4.78, 5) is 27.9. The van der Waals surface area contributed by atoms with Crippen molar-refractivity contribution in [2.24, 2.45) is 0 Å². The van der Waals surface area contributed by atoms with Crippen LogP contribution in [0.1, 0.15) is 16.8 Å². The number of aromatic nitrogens is 1. The van der Waals surface area contributed by atoms with Crippen molar-refractivity contribution >= 4 is 11.9 Å². The second-order valence-corrected chi connectivity index (χ2v) is 7.35. The third kappa shape index (κ3) is 3.18. The van der Waals surface area contributed by atoms with Crippen LogP contribution < -0.4 is 5.32 Å². The highest BCUT2D eigenvalue weighted by Crippen LogP contribution is 2.36. The van der Waals surface area contributed by atoms with Gasteiger partial charge in [-0.05, 0) is 11.1 Å². The zero-order chi connectivity index (χ0) is 21.3. The second-order valence-electron chi connectivity index (χ2n) is 7.35. The molecular formula is C25H19N3O3. The lowest BCUT2D eigenvalue weighted by Gasteiger charge is -2.27. The highest BCUT2D eigenvalue weighted by atomic mass is 16.5. The predicted molar refractivity (Wildman–Crippen MR) is 115 cm³/mol. The van der Waals surface area contributed by atoms with E-state index in [0.717, 1.165) is 5.56 Å².